The molecule has 0 unspecified atom stereocenters. The number of carbonyl (C=O) groups excluding carboxylic acids is 2. The van der Waals surface area contributed by atoms with E-state index in [-0.39, 0.29) is 28.5 Å². The molecule has 1 saturated carbocycles. The van der Waals surface area contributed by atoms with Crippen molar-refractivity contribution in [3.63, 3.8) is 0 Å². The van der Waals surface area contributed by atoms with Gasteiger partial charge in [-0.05, 0) is 79.1 Å². The lowest BCUT2D eigenvalue weighted by Gasteiger charge is -2.41. The van der Waals surface area contributed by atoms with Gasteiger partial charge in [-0.1, -0.05) is 19.9 Å². The van der Waals surface area contributed by atoms with E-state index < -0.39 is 23.1 Å². The number of amides is 3. The first-order chi connectivity index (χ1) is 17.6. The number of nitrogens with two attached hydrogens (primary N) is 1. The third-order valence-electron chi connectivity index (χ3n) is 8.36. The Morgan fingerprint density at radius 2 is 1.78 bits per heavy atom. The molecule has 2 atom stereocenters. The number of hydrogen-bond donors (Lipinski definition) is 2. The zero-order valence-electron chi connectivity index (χ0n) is 21.0. The predicted octanol–water partition coefficient (Wildman–Crippen LogP) is 5.23. The van der Waals surface area contributed by atoms with Crippen molar-refractivity contribution in [2.75, 3.05) is 18.4 Å². The van der Waals surface area contributed by atoms with Gasteiger partial charge in [-0.25, -0.2) is 13.6 Å². The van der Waals surface area contributed by atoms with Crippen molar-refractivity contribution in [2.45, 2.75) is 44.9 Å². The maximum Gasteiger partial charge on any atom is 0.316 e. The van der Waals surface area contributed by atoms with Crippen LogP contribution in [0.1, 0.15) is 61.1 Å². The van der Waals surface area contributed by atoms with E-state index in [0.29, 0.717) is 24.3 Å². The van der Waals surface area contributed by atoms with Gasteiger partial charge in [-0.2, -0.15) is 10.2 Å². The minimum Gasteiger partial charge on any atom is -0.351 e. The Hall–Kier alpha value is -3.88. The van der Waals surface area contributed by atoms with Crippen LogP contribution in [-0.4, -0.2) is 40.1 Å². The Balaban J connectivity index is 1.49. The number of hydrogen-bond acceptors (Lipinski definition) is 4. The van der Waals surface area contributed by atoms with E-state index >= 15 is 0 Å². The fraction of sp³-hybridized carbons (Fsp3) is 0.357. The average Bonchev–Trinajstić information content (AvgIpc) is 3.21. The molecule has 0 spiro atoms. The molecule has 1 heterocycles. The van der Waals surface area contributed by atoms with Crippen molar-refractivity contribution in [3.8, 4) is 11.3 Å². The molecule has 2 aliphatic rings. The number of anilines is 1. The molecular formula is C28H29F2N5O2. The molecule has 192 valence electrons. The summed E-state index contributed by atoms with van der Waals surface area (Å²) in [7, 11) is 0. The molecule has 1 aromatic heterocycles. The lowest BCUT2D eigenvalue weighted by molar-refractivity contribution is 0.0652. The van der Waals surface area contributed by atoms with Crippen LogP contribution in [0.2, 0.25) is 0 Å². The lowest BCUT2D eigenvalue weighted by atomic mass is 9.68. The van der Waals surface area contributed by atoms with Crippen LogP contribution in [0.4, 0.5) is 19.3 Å². The van der Waals surface area contributed by atoms with Crippen molar-refractivity contribution < 1.29 is 18.4 Å². The fourth-order valence-electron chi connectivity index (χ4n) is 6.32. The predicted molar refractivity (Wildman–Crippen MR) is 136 cm³/mol. The number of urea groups is 1. The molecule has 2 aromatic carbocycles. The molecular weight excluding hydrogens is 476 g/mol. The van der Waals surface area contributed by atoms with Gasteiger partial charge in [0.15, 0.2) is 0 Å². The van der Waals surface area contributed by atoms with E-state index in [0.717, 1.165) is 24.1 Å². The number of likely N-dealkylation sites (N-methyl/N-ethyl adjacent to an activating group) is 1. The molecule has 2 aliphatic carbocycles. The van der Waals surface area contributed by atoms with Gasteiger partial charge in [0.25, 0.3) is 5.91 Å². The molecule has 0 saturated heterocycles. The van der Waals surface area contributed by atoms with Crippen LogP contribution in [0, 0.1) is 17.0 Å². The quantitative estimate of drug-likeness (QED) is 0.479. The Kier molecular flexibility index (Phi) is 5.96. The van der Waals surface area contributed by atoms with Gasteiger partial charge in [0.2, 0.25) is 0 Å². The summed E-state index contributed by atoms with van der Waals surface area (Å²) >= 11 is 0. The minimum absolute atomic E-state index is 0.131. The molecule has 0 aliphatic heterocycles. The Morgan fingerprint density at radius 3 is 2.41 bits per heavy atom. The third-order valence-corrected chi connectivity index (χ3v) is 8.36. The second-order valence-electron chi connectivity index (χ2n) is 10.4. The summed E-state index contributed by atoms with van der Waals surface area (Å²) in [6, 6.07) is 11.5. The summed E-state index contributed by atoms with van der Waals surface area (Å²) in [5.74, 6) is -1.34. The number of aromatic nitrogens is 2. The highest BCUT2D eigenvalue weighted by Crippen LogP contribution is 2.67. The first kappa shape index (κ1) is 24.8. The Labute approximate surface area is 214 Å². The van der Waals surface area contributed by atoms with Crippen molar-refractivity contribution in [2.24, 2.45) is 11.1 Å². The second-order valence-corrected chi connectivity index (χ2v) is 10.4. The van der Waals surface area contributed by atoms with Gasteiger partial charge >= 0.3 is 6.03 Å². The summed E-state index contributed by atoms with van der Waals surface area (Å²) in [5.41, 5.74) is 7.26. The average molecular weight is 506 g/mol. The maximum absolute atomic E-state index is 14.5. The van der Waals surface area contributed by atoms with Crippen molar-refractivity contribution >= 4 is 17.6 Å². The third kappa shape index (κ3) is 3.84. The van der Waals surface area contributed by atoms with Gasteiger partial charge in [0.1, 0.15) is 11.6 Å². The highest BCUT2D eigenvalue weighted by Gasteiger charge is 2.64. The number of nitrogens with zero attached hydrogens (tertiary/aromatic N) is 3. The largest absolute Gasteiger partial charge is 0.351 e. The summed E-state index contributed by atoms with van der Waals surface area (Å²) in [6.07, 6.45) is 1.73. The van der Waals surface area contributed by atoms with Gasteiger partial charge in [-0.3, -0.25) is 4.79 Å². The second kappa shape index (κ2) is 8.90. The summed E-state index contributed by atoms with van der Waals surface area (Å²) in [6.45, 7) is 7.23. The van der Waals surface area contributed by atoms with Gasteiger partial charge in [-0.15, -0.1) is 0 Å². The number of benzene rings is 2. The zero-order valence-corrected chi connectivity index (χ0v) is 21.0. The number of halogens is 2. The summed E-state index contributed by atoms with van der Waals surface area (Å²) in [4.78, 5) is 26.4. The molecule has 3 amide bonds. The van der Waals surface area contributed by atoms with Crippen molar-refractivity contribution in [1.82, 2.24) is 15.1 Å². The van der Waals surface area contributed by atoms with Crippen LogP contribution in [0.5, 0.6) is 0 Å². The van der Waals surface area contributed by atoms with E-state index in [1.165, 1.54) is 18.2 Å². The smallest absolute Gasteiger partial charge is 0.316 e. The van der Waals surface area contributed by atoms with Crippen LogP contribution in [0.15, 0.2) is 48.5 Å². The molecule has 3 N–H and O–H groups in total. The van der Waals surface area contributed by atoms with Crippen LogP contribution in [0.3, 0.4) is 0 Å². The van der Waals surface area contributed by atoms with Crippen LogP contribution in [-0.2, 0) is 5.41 Å². The van der Waals surface area contributed by atoms with E-state index in [9.17, 15) is 18.4 Å². The standard InChI is InChI=1S/C28H29F2N5O2/c1-4-35(25(36)16-8-10-17(11-9-16)32-26(31)37)15-28-13-12-19(27(28,2)3)18-14-22(33-34-24(18)28)23-20(29)6-5-7-21(23)30/h5-11,14,19H,4,12-13,15H2,1-3H3,(H3,31,32,37)/t19-,28-/m0/s1. The normalized spacial score (nSPS) is 20.9. The van der Waals surface area contributed by atoms with Gasteiger partial charge in [0.05, 0.1) is 17.0 Å². The van der Waals surface area contributed by atoms with Gasteiger partial charge < -0.3 is 16.0 Å². The Morgan fingerprint density at radius 1 is 1.11 bits per heavy atom. The molecule has 3 aromatic rings. The van der Waals surface area contributed by atoms with Gasteiger partial charge in [0, 0.05) is 29.8 Å². The number of fused-ring (bicyclic) bond motifs is 5. The van der Waals surface area contributed by atoms with Crippen LogP contribution < -0.4 is 11.1 Å². The van der Waals surface area contributed by atoms with E-state index in [4.69, 9.17) is 5.73 Å². The maximum atomic E-state index is 14.5. The Bertz CT molecular complexity index is 1370. The number of primary amides is 1. The topological polar surface area (TPSA) is 101 Å². The lowest BCUT2D eigenvalue weighted by Crippen LogP contribution is -2.48. The molecule has 1 fully saturated rings. The van der Waals surface area contributed by atoms with Crippen LogP contribution in [0.25, 0.3) is 11.3 Å². The van der Waals surface area contributed by atoms with E-state index in [1.807, 2.05) is 11.8 Å². The van der Waals surface area contributed by atoms with Crippen LogP contribution >= 0.6 is 0 Å². The van der Waals surface area contributed by atoms with Crippen molar-refractivity contribution in [1.29, 1.82) is 0 Å². The number of nitrogens with one attached hydrogen (secondary N) is 1. The number of carbonyl (C=O) groups is 2. The SMILES string of the molecule is CCN(C[C@@]12CC[C@@H](c3cc(-c4c(F)cccc4F)nnc31)C2(C)C)C(=O)c1ccc(NC(N)=O)cc1. The zero-order chi connectivity index (χ0) is 26.5. The highest BCUT2D eigenvalue weighted by atomic mass is 19.1. The molecule has 0 radical (unpaired) electrons. The van der Waals surface area contributed by atoms with Crippen molar-refractivity contribution in [3.05, 3.63) is 77.0 Å². The molecule has 9 heteroatoms. The molecule has 7 nitrogen and oxygen atoms in total. The first-order valence-electron chi connectivity index (χ1n) is 12.4. The molecule has 5 rings (SSSR count). The summed E-state index contributed by atoms with van der Waals surface area (Å²) < 4.78 is 29.0. The van der Waals surface area contributed by atoms with E-state index in [1.54, 1.807) is 30.3 Å². The summed E-state index contributed by atoms with van der Waals surface area (Å²) in [5, 5.41) is 11.3. The fourth-order valence-corrected chi connectivity index (χ4v) is 6.32. The molecule has 37 heavy (non-hydrogen) atoms. The first-order valence-corrected chi connectivity index (χ1v) is 12.4. The van der Waals surface area contributed by atoms with E-state index in [2.05, 4.69) is 29.4 Å². The highest BCUT2D eigenvalue weighted by molar-refractivity contribution is 5.95. The number of rotatable bonds is 6. The molecule has 2 bridgehead atoms. The minimum atomic E-state index is -0.675. The monoisotopic (exact) mass is 505 g/mol.